The molecular formula is C13H12Cl2N2O2S. The molecule has 1 amide bonds. The van der Waals surface area contributed by atoms with E-state index in [0.29, 0.717) is 28.4 Å². The van der Waals surface area contributed by atoms with Gasteiger partial charge in [-0.15, -0.1) is 22.9 Å². The van der Waals surface area contributed by atoms with E-state index in [2.05, 4.69) is 10.3 Å². The first kappa shape index (κ1) is 15.1. The monoisotopic (exact) mass is 330 g/mol. The van der Waals surface area contributed by atoms with Crippen molar-refractivity contribution in [1.29, 1.82) is 0 Å². The van der Waals surface area contributed by atoms with Crippen LogP contribution >= 0.6 is 34.5 Å². The van der Waals surface area contributed by atoms with Crippen LogP contribution in [0.5, 0.6) is 5.75 Å². The van der Waals surface area contributed by atoms with E-state index in [1.54, 1.807) is 24.3 Å². The van der Waals surface area contributed by atoms with Crippen LogP contribution in [0, 0.1) is 0 Å². The van der Waals surface area contributed by atoms with Crippen LogP contribution in [0.25, 0.3) is 0 Å². The van der Waals surface area contributed by atoms with Crippen LogP contribution in [-0.4, -0.2) is 17.5 Å². The number of carbonyl (C=O) groups is 1. The number of rotatable bonds is 6. The van der Waals surface area contributed by atoms with E-state index in [4.69, 9.17) is 27.9 Å². The molecule has 0 radical (unpaired) electrons. The highest BCUT2D eigenvalue weighted by atomic mass is 35.5. The summed E-state index contributed by atoms with van der Waals surface area (Å²) >= 11 is 12.8. The number of thiazole rings is 1. The molecule has 0 fully saturated rings. The van der Waals surface area contributed by atoms with E-state index in [1.807, 2.05) is 5.38 Å². The lowest BCUT2D eigenvalue weighted by atomic mass is 10.3. The molecule has 1 heterocycles. The Kier molecular flexibility index (Phi) is 5.64. The standard InChI is InChI=1S/C13H12Cl2N2O2S/c14-7-10-8-20-13(16-10)17-12(18)5-6-19-11-3-1-9(15)2-4-11/h1-4,8H,5-7H2,(H,16,17,18). The van der Waals surface area contributed by atoms with Crippen LogP contribution in [-0.2, 0) is 10.7 Å². The fraction of sp³-hybridized carbons (Fsp3) is 0.231. The van der Waals surface area contributed by atoms with Crippen LogP contribution in [0.15, 0.2) is 29.6 Å². The summed E-state index contributed by atoms with van der Waals surface area (Å²) in [6.45, 7) is 0.293. The van der Waals surface area contributed by atoms with Gasteiger partial charge in [0, 0.05) is 10.4 Å². The van der Waals surface area contributed by atoms with Crippen molar-refractivity contribution in [3.05, 3.63) is 40.4 Å². The van der Waals surface area contributed by atoms with Gasteiger partial charge in [-0.1, -0.05) is 11.6 Å². The molecule has 0 saturated carbocycles. The minimum absolute atomic E-state index is 0.144. The number of benzene rings is 1. The van der Waals surface area contributed by atoms with Crippen molar-refractivity contribution >= 4 is 45.6 Å². The molecule has 0 atom stereocenters. The molecule has 4 nitrogen and oxygen atoms in total. The predicted octanol–water partition coefficient (Wildman–Crippen LogP) is 3.94. The SMILES string of the molecule is O=C(CCOc1ccc(Cl)cc1)Nc1nc(CCl)cs1. The van der Waals surface area contributed by atoms with Crippen molar-refractivity contribution in [2.45, 2.75) is 12.3 Å². The Bertz CT molecular complexity index is 572. The Hall–Kier alpha value is -1.30. The van der Waals surface area contributed by atoms with Crippen LogP contribution < -0.4 is 10.1 Å². The van der Waals surface area contributed by atoms with Crippen molar-refractivity contribution in [2.75, 3.05) is 11.9 Å². The van der Waals surface area contributed by atoms with Gasteiger partial charge in [0.2, 0.25) is 5.91 Å². The number of anilines is 1. The highest BCUT2D eigenvalue weighted by molar-refractivity contribution is 7.13. The van der Waals surface area contributed by atoms with Crippen LogP contribution in [0.2, 0.25) is 5.02 Å². The number of hydrogen-bond donors (Lipinski definition) is 1. The van der Waals surface area contributed by atoms with E-state index < -0.39 is 0 Å². The maximum absolute atomic E-state index is 11.7. The summed E-state index contributed by atoms with van der Waals surface area (Å²) in [6, 6.07) is 6.99. The Morgan fingerprint density at radius 2 is 2.10 bits per heavy atom. The van der Waals surface area contributed by atoms with Crippen LogP contribution in [0.3, 0.4) is 0 Å². The number of halogens is 2. The molecule has 106 valence electrons. The summed E-state index contributed by atoms with van der Waals surface area (Å²) in [5.74, 6) is 0.877. The lowest BCUT2D eigenvalue weighted by Gasteiger charge is -2.05. The quantitative estimate of drug-likeness (QED) is 0.816. The smallest absolute Gasteiger partial charge is 0.229 e. The van der Waals surface area contributed by atoms with Gasteiger partial charge in [0.25, 0.3) is 0 Å². The zero-order chi connectivity index (χ0) is 14.4. The Morgan fingerprint density at radius 3 is 2.75 bits per heavy atom. The maximum Gasteiger partial charge on any atom is 0.229 e. The molecule has 1 aromatic carbocycles. The second kappa shape index (κ2) is 7.47. The molecule has 20 heavy (non-hydrogen) atoms. The first-order valence-electron chi connectivity index (χ1n) is 5.86. The summed E-state index contributed by atoms with van der Waals surface area (Å²) in [7, 11) is 0. The number of carbonyl (C=O) groups excluding carboxylic acids is 1. The molecule has 0 saturated heterocycles. The fourth-order valence-corrected chi connectivity index (χ4v) is 2.48. The molecule has 0 aliphatic heterocycles. The summed E-state index contributed by atoms with van der Waals surface area (Å²) in [6.07, 6.45) is 0.248. The number of nitrogens with one attached hydrogen (secondary N) is 1. The van der Waals surface area contributed by atoms with Gasteiger partial charge in [-0.05, 0) is 24.3 Å². The van der Waals surface area contributed by atoms with Crippen molar-refractivity contribution < 1.29 is 9.53 Å². The molecule has 2 rings (SSSR count). The molecule has 1 aromatic heterocycles. The van der Waals surface area contributed by atoms with Crippen molar-refractivity contribution in [3.8, 4) is 5.75 Å². The number of ether oxygens (including phenoxy) is 1. The lowest BCUT2D eigenvalue weighted by molar-refractivity contribution is -0.116. The van der Waals surface area contributed by atoms with Crippen molar-refractivity contribution in [3.63, 3.8) is 0 Å². The van der Waals surface area contributed by atoms with Crippen LogP contribution in [0.4, 0.5) is 5.13 Å². The van der Waals surface area contributed by atoms with Gasteiger partial charge in [-0.25, -0.2) is 4.98 Å². The Labute approximate surface area is 130 Å². The highest BCUT2D eigenvalue weighted by Gasteiger charge is 2.06. The minimum Gasteiger partial charge on any atom is -0.493 e. The summed E-state index contributed by atoms with van der Waals surface area (Å²) < 4.78 is 5.44. The lowest BCUT2D eigenvalue weighted by Crippen LogP contribution is -2.15. The highest BCUT2D eigenvalue weighted by Crippen LogP contribution is 2.17. The maximum atomic E-state index is 11.7. The average molecular weight is 331 g/mol. The van der Waals surface area contributed by atoms with Crippen molar-refractivity contribution in [1.82, 2.24) is 4.98 Å². The number of nitrogens with zero attached hydrogens (tertiary/aromatic N) is 1. The molecule has 1 N–H and O–H groups in total. The molecule has 0 bridgehead atoms. The first-order chi connectivity index (χ1) is 9.67. The number of hydrogen-bond acceptors (Lipinski definition) is 4. The molecular weight excluding hydrogens is 319 g/mol. The second-order valence-corrected chi connectivity index (χ2v) is 5.44. The zero-order valence-corrected chi connectivity index (χ0v) is 12.8. The van der Waals surface area contributed by atoms with Gasteiger partial charge in [0.05, 0.1) is 24.6 Å². The van der Waals surface area contributed by atoms with Gasteiger partial charge in [0.15, 0.2) is 5.13 Å². The van der Waals surface area contributed by atoms with Crippen LogP contribution in [0.1, 0.15) is 12.1 Å². The summed E-state index contributed by atoms with van der Waals surface area (Å²) in [5.41, 5.74) is 0.754. The van der Waals surface area contributed by atoms with Gasteiger partial charge in [0.1, 0.15) is 5.75 Å². The van der Waals surface area contributed by atoms with Crippen molar-refractivity contribution in [2.24, 2.45) is 0 Å². The molecule has 0 unspecified atom stereocenters. The number of alkyl halides is 1. The van der Waals surface area contributed by atoms with Gasteiger partial charge >= 0.3 is 0 Å². The second-order valence-electron chi connectivity index (χ2n) is 3.88. The van der Waals surface area contributed by atoms with E-state index in [9.17, 15) is 4.79 Å². The van der Waals surface area contributed by atoms with Gasteiger partial charge < -0.3 is 10.1 Å². The topological polar surface area (TPSA) is 51.2 Å². The summed E-state index contributed by atoms with van der Waals surface area (Å²) in [5, 5.41) is 5.71. The third-order valence-corrected chi connectivity index (χ3v) is 3.68. The fourth-order valence-electron chi connectivity index (χ4n) is 1.40. The Morgan fingerprint density at radius 1 is 1.35 bits per heavy atom. The molecule has 2 aromatic rings. The Balaban J connectivity index is 1.73. The van der Waals surface area contributed by atoms with Gasteiger partial charge in [-0.3, -0.25) is 4.79 Å². The molecule has 0 aliphatic rings. The van der Waals surface area contributed by atoms with E-state index in [0.717, 1.165) is 5.69 Å². The number of amides is 1. The largest absolute Gasteiger partial charge is 0.493 e. The predicted molar refractivity (Wildman–Crippen MR) is 81.9 cm³/mol. The third kappa shape index (κ3) is 4.67. The third-order valence-electron chi connectivity index (χ3n) is 2.35. The van der Waals surface area contributed by atoms with E-state index in [-0.39, 0.29) is 12.3 Å². The minimum atomic E-state index is -0.144. The molecule has 0 aliphatic carbocycles. The molecule has 7 heteroatoms. The summed E-state index contributed by atoms with van der Waals surface area (Å²) in [4.78, 5) is 15.8. The normalized spacial score (nSPS) is 10.3. The average Bonchev–Trinajstić information content (AvgIpc) is 2.88. The van der Waals surface area contributed by atoms with E-state index >= 15 is 0 Å². The zero-order valence-electron chi connectivity index (χ0n) is 10.4. The first-order valence-corrected chi connectivity index (χ1v) is 7.65. The van der Waals surface area contributed by atoms with E-state index in [1.165, 1.54) is 11.3 Å². The molecule has 0 spiro atoms. The number of aromatic nitrogens is 1. The van der Waals surface area contributed by atoms with Gasteiger partial charge in [-0.2, -0.15) is 0 Å².